The Labute approximate surface area is 192 Å². The first-order valence-corrected chi connectivity index (χ1v) is 11.2. The van der Waals surface area contributed by atoms with Gasteiger partial charge in [0, 0.05) is 36.8 Å². The molecule has 33 heavy (non-hydrogen) atoms. The van der Waals surface area contributed by atoms with Gasteiger partial charge in [-0.2, -0.15) is 0 Å². The molecule has 0 atom stereocenters. The number of amides is 1. The van der Waals surface area contributed by atoms with Crippen LogP contribution in [0.25, 0.3) is 11.4 Å². The second-order valence-electron chi connectivity index (χ2n) is 8.17. The van der Waals surface area contributed by atoms with Gasteiger partial charge < -0.3 is 15.0 Å². The zero-order valence-corrected chi connectivity index (χ0v) is 18.7. The molecule has 0 radical (unpaired) electrons. The van der Waals surface area contributed by atoms with Crippen LogP contribution in [0.1, 0.15) is 46.9 Å². The summed E-state index contributed by atoms with van der Waals surface area (Å²) in [5, 5.41) is 17.1. The van der Waals surface area contributed by atoms with Crippen molar-refractivity contribution in [1.82, 2.24) is 30.8 Å². The highest BCUT2D eigenvalue weighted by Crippen LogP contribution is 2.26. The number of likely N-dealkylation sites (tertiary alicyclic amines) is 1. The summed E-state index contributed by atoms with van der Waals surface area (Å²) in [7, 11) is 0. The van der Waals surface area contributed by atoms with Gasteiger partial charge in [0.05, 0.1) is 12.2 Å². The van der Waals surface area contributed by atoms with E-state index < -0.39 is 0 Å². The van der Waals surface area contributed by atoms with Crippen molar-refractivity contribution in [3.8, 4) is 17.1 Å². The standard InChI is InChI=1S/C24H28N6O3/c1-17(31)18-7-9-19(10-8-18)24(32)25-20-11-14-30(15-12-20)13-4-16-33-22-6-3-2-5-21(22)23-26-28-29-27-23/h2-3,5-10,20H,4,11-16H2,1H3,(H,25,32)(H,26,27,28,29). The Bertz CT molecular complexity index is 1060. The van der Waals surface area contributed by atoms with E-state index in [2.05, 4.69) is 30.8 Å². The van der Waals surface area contributed by atoms with Crippen molar-refractivity contribution in [3.05, 3.63) is 59.7 Å². The van der Waals surface area contributed by atoms with Crippen LogP contribution in [-0.4, -0.2) is 69.5 Å². The van der Waals surface area contributed by atoms with Crippen LogP contribution in [0.4, 0.5) is 0 Å². The molecule has 2 N–H and O–H groups in total. The number of para-hydroxylation sites is 1. The molecule has 9 heteroatoms. The summed E-state index contributed by atoms with van der Waals surface area (Å²) in [4.78, 5) is 26.3. The van der Waals surface area contributed by atoms with E-state index in [0.29, 0.717) is 23.6 Å². The Morgan fingerprint density at radius 1 is 1.09 bits per heavy atom. The van der Waals surface area contributed by atoms with Crippen LogP contribution in [0.15, 0.2) is 48.5 Å². The number of piperidine rings is 1. The number of H-pyrrole nitrogens is 1. The summed E-state index contributed by atoms with van der Waals surface area (Å²) in [5.74, 6) is 1.26. The van der Waals surface area contributed by atoms with Gasteiger partial charge in [-0.05, 0) is 60.9 Å². The van der Waals surface area contributed by atoms with Gasteiger partial charge in [0.2, 0.25) is 0 Å². The number of nitrogens with one attached hydrogen (secondary N) is 2. The molecule has 2 aromatic carbocycles. The molecule has 1 aliphatic rings. The molecule has 0 unspecified atom stereocenters. The average Bonchev–Trinajstić information content (AvgIpc) is 3.38. The van der Waals surface area contributed by atoms with Crippen LogP contribution >= 0.6 is 0 Å². The number of hydrogen-bond acceptors (Lipinski definition) is 7. The van der Waals surface area contributed by atoms with Gasteiger partial charge >= 0.3 is 0 Å². The Balaban J connectivity index is 1.17. The topological polar surface area (TPSA) is 113 Å². The van der Waals surface area contributed by atoms with Gasteiger partial charge in [-0.15, -0.1) is 5.10 Å². The third-order valence-electron chi connectivity index (χ3n) is 5.84. The molecule has 9 nitrogen and oxygen atoms in total. The highest BCUT2D eigenvalue weighted by Gasteiger charge is 2.21. The number of tetrazole rings is 1. The predicted molar refractivity (Wildman–Crippen MR) is 123 cm³/mol. The minimum Gasteiger partial charge on any atom is -0.493 e. The van der Waals surface area contributed by atoms with Crippen LogP contribution in [0, 0.1) is 0 Å². The van der Waals surface area contributed by atoms with Crippen LogP contribution in [0.5, 0.6) is 5.75 Å². The number of aromatic nitrogens is 4. The molecule has 1 aliphatic heterocycles. The highest BCUT2D eigenvalue weighted by atomic mass is 16.5. The zero-order valence-electron chi connectivity index (χ0n) is 18.7. The summed E-state index contributed by atoms with van der Waals surface area (Å²) >= 11 is 0. The number of ether oxygens (including phenoxy) is 1. The smallest absolute Gasteiger partial charge is 0.251 e. The third-order valence-corrected chi connectivity index (χ3v) is 5.84. The first-order valence-electron chi connectivity index (χ1n) is 11.2. The quantitative estimate of drug-likeness (QED) is 0.382. The maximum Gasteiger partial charge on any atom is 0.251 e. The summed E-state index contributed by atoms with van der Waals surface area (Å²) in [6.45, 7) is 4.94. The second-order valence-corrected chi connectivity index (χ2v) is 8.17. The van der Waals surface area contributed by atoms with E-state index in [1.165, 1.54) is 6.92 Å². The van der Waals surface area contributed by atoms with Crippen LogP contribution in [0.2, 0.25) is 0 Å². The van der Waals surface area contributed by atoms with Gasteiger partial charge in [0.25, 0.3) is 5.91 Å². The monoisotopic (exact) mass is 448 g/mol. The molecular weight excluding hydrogens is 420 g/mol. The van der Waals surface area contributed by atoms with Crippen molar-refractivity contribution in [2.24, 2.45) is 0 Å². The van der Waals surface area contributed by atoms with E-state index in [4.69, 9.17) is 4.74 Å². The number of ketones is 1. The van der Waals surface area contributed by atoms with Crippen molar-refractivity contribution < 1.29 is 14.3 Å². The van der Waals surface area contributed by atoms with Crippen molar-refractivity contribution in [3.63, 3.8) is 0 Å². The van der Waals surface area contributed by atoms with E-state index in [0.717, 1.165) is 50.2 Å². The summed E-state index contributed by atoms with van der Waals surface area (Å²) in [6.07, 6.45) is 2.74. The fourth-order valence-electron chi connectivity index (χ4n) is 3.96. The second kappa shape index (κ2) is 10.8. The zero-order chi connectivity index (χ0) is 23.0. The number of nitrogens with zero attached hydrogens (tertiary/aromatic N) is 4. The Kier molecular flexibility index (Phi) is 7.41. The van der Waals surface area contributed by atoms with Crippen molar-refractivity contribution in [2.45, 2.75) is 32.2 Å². The minimum atomic E-state index is -0.0856. The summed E-state index contributed by atoms with van der Waals surface area (Å²) in [6, 6.07) is 14.7. The number of rotatable bonds is 9. The number of hydrogen-bond donors (Lipinski definition) is 2. The molecule has 1 saturated heterocycles. The number of Topliss-reactive ketones (excluding diaryl/α,β-unsaturated/α-hetero) is 1. The Morgan fingerprint density at radius 2 is 1.82 bits per heavy atom. The molecule has 0 saturated carbocycles. The maximum absolute atomic E-state index is 12.5. The number of carbonyl (C=O) groups excluding carboxylic acids is 2. The van der Waals surface area contributed by atoms with Crippen LogP contribution in [-0.2, 0) is 0 Å². The summed E-state index contributed by atoms with van der Waals surface area (Å²) < 4.78 is 5.98. The predicted octanol–water partition coefficient (Wildman–Crippen LogP) is 2.73. The van der Waals surface area contributed by atoms with E-state index in [1.54, 1.807) is 24.3 Å². The number of benzene rings is 2. The van der Waals surface area contributed by atoms with E-state index in [-0.39, 0.29) is 17.7 Å². The lowest BCUT2D eigenvalue weighted by atomic mass is 10.0. The SMILES string of the molecule is CC(=O)c1ccc(C(=O)NC2CCN(CCCOc3ccccc3-c3nnn[nH]3)CC2)cc1. The first kappa shape index (κ1) is 22.6. The van der Waals surface area contributed by atoms with Gasteiger partial charge in [-0.25, -0.2) is 5.10 Å². The van der Waals surface area contributed by atoms with Gasteiger partial charge in [0.15, 0.2) is 11.6 Å². The van der Waals surface area contributed by atoms with Crippen molar-refractivity contribution >= 4 is 11.7 Å². The molecule has 4 rings (SSSR count). The molecule has 0 bridgehead atoms. The molecule has 172 valence electrons. The van der Waals surface area contributed by atoms with Gasteiger partial charge in [0.1, 0.15) is 5.75 Å². The molecule has 2 heterocycles. The molecule has 0 aliphatic carbocycles. The Morgan fingerprint density at radius 3 is 2.52 bits per heavy atom. The molecule has 0 spiro atoms. The Hall–Kier alpha value is -3.59. The lowest BCUT2D eigenvalue weighted by Gasteiger charge is -2.32. The molecule has 1 aromatic heterocycles. The highest BCUT2D eigenvalue weighted by molar-refractivity contribution is 5.97. The first-order chi connectivity index (χ1) is 16.1. The fraction of sp³-hybridized carbons (Fsp3) is 0.375. The minimum absolute atomic E-state index is 0.00365. The molecular formula is C24H28N6O3. The third kappa shape index (κ3) is 6.01. The lowest BCUT2D eigenvalue weighted by molar-refractivity contribution is 0.0908. The molecule has 1 fully saturated rings. The largest absolute Gasteiger partial charge is 0.493 e. The number of aromatic amines is 1. The lowest BCUT2D eigenvalue weighted by Crippen LogP contribution is -2.45. The fourth-order valence-corrected chi connectivity index (χ4v) is 3.96. The van der Waals surface area contributed by atoms with Crippen LogP contribution < -0.4 is 10.1 Å². The van der Waals surface area contributed by atoms with E-state index in [9.17, 15) is 9.59 Å². The van der Waals surface area contributed by atoms with Crippen LogP contribution in [0.3, 0.4) is 0 Å². The normalized spacial score (nSPS) is 14.7. The summed E-state index contributed by atoms with van der Waals surface area (Å²) in [5.41, 5.74) is 2.04. The maximum atomic E-state index is 12.5. The van der Waals surface area contributed by atoms with Gasteiger partial charge in [-0.1, -0.05) is 24.3 Å². The van der Waals surface area contributed by atoms with E-state index in [1.807, 2.05) is 24.3 Å². The molecule has 3 aromatic rings. The number of carbonyl (C=O) groups is 2. The average molecular weight is 449 g/mol. The van der Waals surface area contributed by atoms with Crippen molar-refractivity contribution in [1.29, 1.82) is 0 Å². The molecule has 1 amide bonds. The van der Waals surface area contributed by atoms with E-state index >= 15 is 0 Å². The van der Waals surface area contributed by atoms with Gasteiger partial charge in [-0.3, -0.25) is 9.59 Å². The van der Waals surface area contributed by atoms with Crippen molar-refractivity contribution in [2.75, 3.05) is 26.2 Å².